The van der Waals surface area contributed by atoms with Crippen molar-refractivity contribution in [1.29, 1.82) is 0 Å². The van der Waals surface area contributed by atoms with E-state index in [0.29, 0.717) is 12.0 Å². The molecule has 1 saturated heterocycles. The van der Waals surface area contributed by atoms with Crippen LogP contribution >= 0.6 is 11.3 Å². The second kappa shape index (κ2) is 9.59. The number of hydrogen-bond donors (Lipinski definition) is 1. The van der Waals surface area contributed by atoms with Gasteiger partial charge in [0.05, 0.1) is 0 Å². The smallest absolute Gasteiger partial charge is 0.193 e. The normalized spacial score (nSPS) is 23.7. The van der Waals surface area contributed by atoms with Crippen molar-refractivity contribution in [2.24, 2.45) is 10.9 Å². The molecule has 1 aromatic carbocycles. The van der Waals surface area contributed by atoms with E-state index in [1.54, 1.807) is 0 Å². The van der Waals surface area contributed by atoms with Gasteiger partial charge in [0, 0.05) is 37.6 Å². The first-order valence-electron chi connectivity index (χ1n) is 10.7. The van der Waals surface area contributed by atoms with Crippen LogP contribution in [0.1, 0.15) is 35.7 Å². The van der Waals surface area contributed by atoms with Crippen LogP contribution in [0.2, 0.25) is 0 Å². The van der Waals surface area contributed by atoms with Gasteiger partial charge in [-0.15, -0.1) is 11.3 Å². The van der Waals surface area contributed by atoms with Gasteiger partial charge in [0.2, 0.25) is 0 Å². The summed E-state index contributed by atoms with van der Waals surface area (Å²) in [5.41, 5.74) is 2.79. The molecular weight excluding hydrogens is 376 g/mol. The average Bonchev–Trinajstić information content (AvgIpc) is 3.30. The van der Waals surface area contributed by atoms with Gasteiger partial charge in [0.1, 0.15) is 0 Å². The number of nitrogens with zero attached hydrogens (tertiary/aromatic N) is 3. The Hall–Kier alpha value is -2.11. The standard InChI is InChI=1S/C24H32N4S/c1-25-24(28-15-12-20(13-16-28)19-8-4-3-5-9-19)26-18-21-10-6-14-27(2)23(21)22-11-7-17-29-22/h3-5,7-9,11-12,17,21,23H,6,10,13-16,18H2,1-2H3,(H,25,26). The summed E-state index contributed by atoms with van der Waals surface area (Å²) in [6, 6.07) is 15.7. The van der Waals surface area contributed by atoms with Gasteiger partial charge in [-0.05, 0) is 61.4 Å². The van der Waals surface area contributed by atoms with Crippen molar-refractivity contribution in [1.82, 2.24) is 15.1 Å². The third-order valence-corrected chi connectivity index (χ3v) is 7.17. The van der Waals surface area contributed by atoms with Gasteiger partial charge < -0.3 is 10.2 Å². The molecule has 4 rings (SSSR count). The molecule has 2 aromatic rings. The summed E-state index contributed by atoms with van der Waals surface area (Å²) in [6.45, 7) is 4.10. The van der Waals surface area contributed by atoms with Crippen LogP contribution in [0.4, 0.5) is 0 Å². The molecule has 2 unspecified atom stereocenters. The second-order valence-electron chi connectivity index (χ2n) is 8.06. The number of aliphatic imine (C=N–C) groups is 1. The lowest BCUT2D eigenvalue weighted by molar-refractivity contribution is 0.124. The maximum Gasteiger partial charge on any atom is 0.193 e. The summed E-state index contributed by atoms with van der Waals surface area (Å²) in [7, 11) is 4.18. The monoisotopic (exact) mass is 408 g/mol. The van der Waals surface area contributed by atoms with Gasteiger partial charge in [-0.1, -0.05) is 42.5 Å². The SMILES string of the molecule is CN=C(NCC1CCCN(C)C1c1cccs1)N1CC=C(c2ccccc2)CC1. The molecule has 0 bridgehead atoms. The van der Waals surface area contributed by atoms with E-state index in [2.05, 4.69) is 81.1 Å². The van der Waals surface area contributed by atoms with Crippen LogP contribution < -0.4 is 5.32 Å². The summed E-state index contributed by atoms with van der Waals surface area (Å²) in [5, 5.41) is 5.90. The molecule has 0 spiro atoms. The number of benzene rings is 1. The number of hydrogen-bond acceptors (Lipinski definition) is 3. The highest BCUT2D eigenvalue weighted by atomic mass is 32.1. The Kier molecular flexibility index (Phi) is 6.67. The first-order chi connectivity index (χ1) is 14.3. The molecule has 0 radical (unpaired) electrons. The van der Waals surface area contributed by atoms with Gasteiger partial charge in [0.15, 0.2) is 5.96 Å². The zero-order valence-electron chi connectivity index (χ0n) is 17.6. The Morgan fingerprint density at radius 2 is 2.03 bits per heavy atom. The largest absolute Gasteiger partial charge is 0.356 e. The molecule has 2 atom stereocenters. The summed E-state index contributed by atoms with van der Waals surface area (Å²) in [6.07, 6.45) is 5.97. The fourth-order valence-electron chi connectivity index (χ4n) is 4.71. The van der Waals surface area contributed by atoms with E-state index in [1.807, 2.05) is 18.4 Å². The van der Waals surface area contributed by atoms with Crippen LogP contribution in [-0.4, -0.2) is 56.0 Å². The Morgan fingerprint density at radius 1 is 1.17 bits per heavy atom. The van der Waals surface area contributed by atoms with Crippen LogP contribution in [-0.2, 0) is 0 Å². The van der Waals surface area contributed by atoms with E-state index in [4.69, 9.17) is 0 Å². The maximum absolute atomic E-state index is 4.59. The van der Waals surface area contributed by atoms with Crippen LogP contribution in [0, 0.1) is 5.92 Å². The molecule has 0 amide bonds. The third-order valence-electron chi connectivity index (χ3n) is 6.23. The zero-order chi connectivity index (χ0) is 20.1. The molecular formula is C24H32N4S. The summed E-state index contributed by atoms with van der Waals surface area (Å²) in [5.74, 6) is 1.65. The van der Waals surface area contributed by atoms with Gasteiger partial charge >= 0.3 is 0 Å². The Morgan fingerprint density at radius 3 is 2.72 bits per heavy atom. The zero-order valence-corrected chi connectivity index (χ0v) is 18.4. The first-order valence-corrected chi connectivity index (χ1v) is 11.6. The molecule has 2 aliphatic heterocycles. The number of guanidine groups is 1. The minimum Gasteiger partial charge on any atom is -0.356 e. The minimum absolute atomic E-state index is 0.514. The molecule has 1 fully saturated rings. The van der Waals surface area contributed by atoms with Gasteiger partial charge in [-0.3, -0.25) is 9.89 Å². The van der Waals surface area contributed by atoms with Crippen LogP contribution in [0.3, 0.4) is 0 Å². The first kappa shape index (κ1) is 20.2. The molecule has 2 aliphatic rings. The van der Waals surface area contributed by atoms with E-state index in [1.165, 1.54) is 35.4 Å². The Balaban J connectivity index is 1.38. The topological polar surface area (TPSA) is 30.9 Å². The second-order valence-corrected chi connectivity index (χ2v) is 9.04. The van der Waals surface area contributed by atoms with E-state index < -0.39 is 0 Å². The highest BCUT2D eigenvalue weighted by Crippen LogP contribution is 2.36. The van der Waals surface area contributed by atoms with Crippen molar-refractivity contribution in [3.63, 3.8) is 0 Å². The van der Waals surface area contributed by atoms with Crippen molar-refractivity contribution in [3.8, 4) is 0 Å². The molecule has 4 nitrogen and oxygen atoms in total. The summed E-state index contributed by atoms with van der Waals surface area (Å²) >= 11 is 1.89. The lowest BCUT2D eigenvalue weighted by atomic mass is 9.88. The predicted octanol–water partition coefficient (Wildman–Crippen LogP) is 4.50. The minimum atomic E-state index is 0.514. The van der Waals surface area contributed by atoms with Crippen molar-refractivity contribution in [2.75, 3.05) is 40.3 Å². The number of rotatable bonds is 4. The fourth-order valence-corrected chi connectivity index (χ4v) is 5.70. The average molecular weight is 409 g/mol. The highest BCUT2D eigenvalue weighted by molar-refractivity contribution is 7.10. The third kappa shape index (κ3) is 4.73. The summed E-state index contributed by atoms with van der Waals surface area (Å²) in [4.78, 5) is 11.0. The van der Waals surface area contributed by atoms with Gasteiger partial charge in [0.25, 0.3) is 0 Å². The molecule has 0 saturated carbocycles. The quantitative estimate of drug-likeness (QED) is 0.597. The Labute approximate surface area is 179 Å². The highest BCUT2D eigenvalue weighted by Gasteiger charge is 2.31. The van der Waals surface area contributed by atoms with Crippen molar-refractivity contribution in [2.45, 2.75) is 25.3 Å². The van der Waals surface area contributed by atoms with Crippen LogP contribution in [0.15, 0.2) is 58.9 Å². The number of thiophene rings is 1. The van der Waals surface area contributed by atoms with E-state index in [-0.39, 0.29) is 0 Å². The lowest BCUT2D eigenvalue weighted by Crippen LogP contribution is -2.47. The molecule has 154 valence electrons. The number of piperidine rings is 1. The van der Waals surface area contributed by atoms with E-state index in [9.17, 15) is 0 Å². The summed E-state index contributed by atoms with van der Waals surface area (Å²) < 4.78 is 0. The molecule has 3 heterocycles. The van der Waals surface area contributed by atoms with E-state index in [0.717, 1.165) is 32.0 Å². The fraction of sp³-hybridized carbons (Fsp3) is 0.458. The molecule has 5 heteroatoms. The number of nitrogens with one attached hydrogen (secondary N) is 1. The van der Waals surface area contributed by atoms with Gasteiger partial charge in [-0.25, -0.2) is 0 Å². The van der Waals surface area contributed by atoms with Crippen molar-refractivity contribution < 1.29 is 0 Å². The molecule has 29 heavy (non-hydrogen) atoms. The molecule has 1 aromatic heterocycles. The molecule has 1 N–H and O–H groups in total. The van der Waals surface area contributed by atoms with Crippen LogP contribution in [0.25, 0.3) is 5.57 Å². The molecule has 0 aliphatic carbocycles. The van der Waals surface area contributed by atoms with Crippen molar-refractivity contribution >= 4 is 22.9 Å². The van der Waals surface area contributed by atoms with Crippen molar-refractivity contribution in [3.05, 3.63) is 64.4 Å². The maximum atomic E-state index is 4.59. The number of likely N-dealkylation sites (tertiary alicyclic amines) is 1. The van der Waals surface area contributed by atoms with Gasteiger partial charge in [-0.2, -0.15) is 0 Å². The van der Waals surface area contributed by atoms with Crippen LogP contribution in [0.5, 0.6) is 0 Å². The lowest BCUT2D eigenvalue weighted by Gasteiger charge is -2.39. The predicted molar refractivity (Wildman–Crippen MR) is 124 cm³/mol. The Bertz CT molecular complexity index is 828. The van der Waals surface area contributed by atoms with E-state index >= 15 is 0 Å².